The summed E-state index contributed by atoms with van der Waals surface area (Å²) in [5.74, 6) is 0.481. The summed E-state index contributed by atoms with van der Waals surface area (Å²) in [7, 11) is 0. The molecule has 0 spiro atoms. The van der Waals surface area contributed by atoms with Crippen molar-refractivity contribution in [3.05, 3.63) is 51.8 Å². The number of rotatable bonds is 5. The maximum absolute atomic E-state index is 11.9. The van der Waals surface area contributed by atoms with Crippen molar-refractivity contribution in [3.63, 3.8) is 0 Å². The monoisotopic (exact) mass is 418 g/mol. The Balaban J connectivity index is 1.56. The van der Waals surface area contributed by atoms with Crippen LogP contribution in [-0.2, 0) is 4.79 Å². The predicted molar refractivity (Wildman–Crippen MR) is 101 cm³/mol. The van der Waals surface area contributed by atoms with Crippen LogP contribution in [0.5, 0.6) is 0 Å². The molecule has 2 aromatic heterocycles. The summed E-state index contributed by atoms with van der Waals surface area (Å²) in [6, 6.07) is 9.55. The number of carbonyl (C=O) groups is 1. The summed E-state index contributed by atoms with van der Waals surface area (Å²) in [4.78, 5) is 20.5. The van der Waals surface area contributed by atoms with Gasteiger partial charge in [0.15, 0.2) is 0 Å². The molecule has 3 aromatic rings. The highest BCUT2D eigenvalue weighted by Crippen LogP contribution is 2.15. The second-order valence-corrected chi connectivity index (χ2v) is 7.14. The molecule has 128 valence electrons. The molecule has 25 heavy (non-hydrogen) atoms. The molecule has 7 nitrogen and oxygen atoms in total. The number of benzene rings is 1. The zero-order chi connectivity index (χ0) is 17.8. The Labute approximate surface area is 157 Å². The van der Waals surface area contributed by atoms with E-state index >= 15 is 0 Å². The number of nitrogens with one attached hydrogen (secondary N) is 1. The molecule has 0 atom stereocenters. The van der Waals surface area contributed by atoms with Gasteiger partial charge in [-0.1, -0.05) is 39.8 Å². The van der Waals surface area contributed by atoms with Crippen LogP contribution in [0.15, 0.2) is 45.1 Å². The van der Waals surface area contributed by atoms with Crippen molar-refractivity contribution < 1.29 is 4.79 Å². The van der Waals surface area contributed by atoms with Crippen LogP contribution in [0, 0.1) is 13.8 Å². The summed E-state index contributed by atoms with van der Waals surface area (Å²) in [6.07, 6.45) is 1.59. The molecule has 0 unspecified atom stereocenters. The highest BCUT2D eigenvalue weighted by Gasteiger charge is 2.10. The highest BCUT2D eigenvalue weighted by molar-refractivity contribution is 9.10. The lowest BCUT2D eigenvalue weighted by Crippen LogP contribution is -2.19. The largest absolute Gasteiger partial charge is 0.272 e. The smallest absolute Gasteiger partial charge is 0.253 e. The van der Waals surface area contributed by atoms with E-state index in [1.807, 2.05) is 44.2 Å². The maximum Gasteiger partial charge on any atom is 0.253 e. The number of amides is 1. The van der Waals surface area contributed by atoms with Crippen molar-refractivity contribution in [1.82, 2.24) is 25.0 Å². The van der Waals surface area contributed by atoms with Crippen molar-refractivity contribution in [3.8, 4) is 0 Å². The van der Waals surface area contributed by atoms with Gasteiger partial charge >= 0.3 is 0 Å². The SMILES string of the molecule is Cc1cc(C)n2nc(SCC(=O)N/N=C/c3cccc(Br)c3)nc2n1. The van der Waals surface area contributed by atoms with Crippen LogP contribution in [0.2, 0.25) is 0 Å². The number of nitrogens with zero attached hydrogens (tertiary/aromatic N) is 5. The molecule has 0 saturated heterocycles. The molecular formula is C16H15BrN6OS. The van der Waals surface area contributed by atoms with Crippen LogP contribution in [-0.4, -0.2) is 37.5 Å². The Bertz CT molecular complexity index is 955. The van der Waals surface area contributed by atoms with Gasteiger partial charge in [-0.15, -0.1) is 5.10 Å². The topological polar surface area (TPSA) is 84.5 Å². The summed E-state index contributed by atoms with van der Waals surface area (Å²) in [6.45, 7) is 3.85. The van der Waals surface area contributed by atoms with E-state index < -0.39 is 0 Å². The number of halogens is 1. The zero-order valence-electron chi connectivity index (χ0n) is 13.6. The van der Waals surface area contributed by atoms with Crippen LogP contribution in [0.25, 0.3) is 5.78 Å². The molecule has 0 aliphatic carbocycles. The fraction of sp³-hybridized carbons (Fsp3) is 0.188. The van der Waals surface area contributed by atoms with Gasteiger partial charge in [-0.25, -0.2) is 14.9 Å². The number of thioether (sulfide) groups is 1. The number of hydrogen-bond donors (Lipinski definition) is 1. The predicted octanol–water partition coefficient (Wildman–Crippen LogP) is 2.75. The van der Waals surface area contributed by atoms with Crippen LogP contribution < -0.4 is 5.43 Å². The Morgan fingerprint density at radius 1 is 1.36 bits per heavy atom. The molecule has 2 heterocycles. The summed E-state index contributed by atoms with van der Waals surface area (Å²) in [5, 5.41) is 8.80. The average Bonchev–Trinajstić information content (AvgIpc) is 2.96. The van der Waals surface area contributed by atoms with Gasteiger partial charge in [-0.3, -0.25) is 4.79 Å². The minimum absolute atomic E-state index is 0.171. The van der Waals surface area contributed by atoms with Crippen molar-refractivity contribution in [2.75, 3.05) is 5.75 Å². The second-order valence-electron chi connectivity index (χ2n) is 5.28. The van der Waals surface area contributed by atoms with Gasteiger partial charge in [0.05, 0.1) is 12.0 Å². The van der Waals surface area contributed by atoms with Gasteiger partial charge in [0.2, 0.25) is 5.16 Å². The standard InChI is InChI=1S/C16H15BrN6OS/c1-10-6-11(2)23-15(19-10)20-16(22-23)25-9-14(24)21-18-8-12-4-3-5-13(17)7-12/h3-8H,9H2,1-2H3,(H,21,24)/b18-8+. The molecule has 1 aromatic carbocycles. The molecule has 3 rings (SSSR count). The van der Waals surface area contributed by atoms with Crippen molar-refractivity contribution in [1.29, 1.82) is 0 Å². The molecule has 0 aliphatic rings. The van der Waals surface area contributed by atoms with Crippen LogP contribution in [0.1, 0.15) is 17.0 Å². The molecule has 0 fully saturated rings. The van der Waals surface area contributed by atoms with E-state index in [9.17, 15) is 4.79 Å². The van der Waals surface area contributed by atoms with Crippen molar-refractivity contribution in [2.24, 2.45) is 5.10 Å². The van der Waals surface area contributed by atoms with Gasteiger partial charge in [0, 0.05) is 15.9 Å². The van der Waals surface area contributed by atoms with E-state index in [1.165, 1.54) is 11.8 Å². The van der Waals surface area contributed by atoms with E-state index in [-0.39, 0.29) is 11.7 Å². The Morgan fingerprint density at radius 3 is 3.00 bits per heavy atom. The minimum Gasteiger partial charge on any atom is -0.272 e. The Hall–Kier alpha value is -2.26. The Morgan fingerprint density at radius 2 is 2.20 bits per heavy atom. The molecule has 1 amide bonds. The van der Waals surface area contributed by atoms with Crippen molar-refractivity contribution >= 4 is 45.6 Å². The van der Waals surface area contributed by atoms with E-state index in [0.29, 0.717) is 10.9 Å². The van der Waals surface area contributed by atoms with E-state index in [1.54, 1.807) is 10.7 Å². The average molecular weight is 419 g/mol. The lowest BCUT2D eigenvalue weighted by atomic mass is 10.2. The lowest BCUT2D eigenvalue weighted by Gasteiger charge is -1.98. The first-order valence-electron chi connectivity index (χ1n) is 7.42. The first-order chi connectivity index (χ1) is 12.0. The third kappa shape index (κ3) is 4.64. The third-order valence-electron chi connectivity index (χ3n) is 3.18. The number of aryl methyl sites for hydroxylation is 2. The lowest BCUT2D eigenvalue weighted by molar-refractivity contribution is -0.118. The summed E-state index contributed by atoms with van der Waals surface area (Å²) < 4.78 is 2.62. The number of aromatic nitrogens is 4. The fourth-order valence-electron chi connectivity index (χ4n) is 2.14. The van der Waals surface area contributed by atoms with Gasteiger partial charge in [0.25, 0.3) is 11.7 Å². The maximum atomic E-state index is 11.9. The van der Waals surface area contributed by atoms with Crippen LogP contribution in [0.3, 0.4) is 0 Å². The summed E-state index contributed by atoms with van der Waals surface area (Å²) >= 11 is 4.63. The van der Waals surface area contributed by atoms with Gasteiger partial charge in [-0.2, -0.15) is 10.1 Å². The first kappa shape index (κ1) is 17.6. The van der Waals surface area contributed by atoms with E-state index in [0.717, 1.165) is 21.4 Å². The second kappa shape index (κ2) is 7.75. The van der Waals surface area contributed by atoms with Crippen LogP contribution in [0.4, 0.5) is 0 Å². The summed E-state index contributed by atoms with van der Waals surface area (Å²) in [5.41, 5.74) is 5.21. The highest BCUT2D eigenvalue weighted by atomic mass is 79.9. The van der Waals surface area contributed by atoms with Gasteiger partial charge in [0.1, 0.15) is 0 Å². The molecule has 9 heteroatoms. The minimum atomic E-state index is -0.226. The number of hydrogen-bond acceptors (Lipinski definition) is 6. The normalized spacial score (nSPS) is 11.3. The third-order valence-corrected chi connectivity index (χ3v) is 4.51. The quantitative estimate of drug-likeness (QED) is 0.391. The first-order valence-corrected chi connectivity index (χ1v) is 9.20. The van der Waals surface area contributed by atoms with E-state index in [4.69, 9.17) is 0 Å². The number of hydrazone groups is 1. The van der Waals surface area contributed by atoms with Gasteiger partial charge < -0.3 is 0 Å². The van der Waals surface area contributed by atoms with E-state index in [2.05, 4.69) is 41.5 Å². The van der Waals surface area contributed by atoms with Crippen LogP contribution >= 0.6 is 27.7 Å². The Kier molecular flexibility index (Phi) is 5.44. The molecule has 0 bridgehead atoms. The van der Waals surface area contributed by atoms with Gasteiger partial charge in [-0.05, 0) is 37.6 Å². The molecule has 0 aliphatic heterocycles. The van der Waals surface area contributed by atoms with Crippen molar-refractivity contribution in [2.45, 2.75) is 19.0 Å². The molecular weight excluding hydrogens is 404 g/mol. The molecule has 1 N–H and O–H groups in total. The molecule has 0 saturated carbocycles. The number of fused-ring (bicyclic) bond motifs is 1. The number of carbonyl (C=O) groups excluding carboxylic acids is 1. The molecule has 0 radical (unpaired) electrons. The fourth-order valence-corrected chi connectivity index (χ4v) is 3.16. The zero-order valence-corrected chi connectivity index (χ0v) is 16.0.